The number of carbonyl (C=O) groups is 1. The van der Waals surface area contributed by atoms with Crippen LogP contribution >= 0.6 is 11.3 Å². The van der Waals surface area contributed by atoms with Crippen molar-refractivity contribution < 1.29 is 14.6 Å². The van der Waals surface area contributed by atoms with E-state index >= 15 is 0 Å². The van der Waals surface area contributed by atoms with Crippen molar-refractivity contribution in [3.63, 3.8) is 0 Å². The molecule has 128 valence electrons. The highest BCUT2D eigenvalue weighted by molar-refractivity contribution is 7.13. The van der Waals surface area contributed by atoms with Crippen LogP contribution in [-0.2, 0) is 11.3 Å². The lowest BCUT2D eigenvalue weighted by molar-refractivity contribution is 0.0570. The number of aliphatic hydroxyl groups excluding tert-OH is 1. The van der Waals surface area contributed by atoms with E-state index in [2.05, 4.69) is 4.90 Å². The molecule has 1 aromatic heterocycles. The van der Waals surface area contributed by atoms with Crippen molar-refractivity contribution >= 4 is 17.3 Å². The van der Waals surface area contributed by atoms with Crippen LogP contribution in [0, 0.1) is 5.92 Å². The first-order chi connectivity index (χ1) is 11.7. The number of ether oxygens (including phenoxy) is 1. The van der Waals surface area contributed by atoms with Gasteiger partial charge in [0.1, 0.15) is 4.88 Å². The normalized spacial score (nSPS) is 17.6. The second-order valence-electron chi connectivity index (χ2n) is 6.23. The fourth-order valence-electron chi connectivity index (χ4n) is 3.24. The lowest BCUT2D eigenvalue weighted by Crippen LogP contribution is -2.35. The van der Waals surface area contributed by atoms with Gasteiger partial charge in [0.25, 0.3) is 0 Å². The molecular weight excluding hydrogens is 322 g/mol. The first-order valence-corrected chi connectivity index (χ1v) is 9.11. The third kappa shape index (κ3) is 4.04. The molecule has 1 aliphatic heterocycles. The summed E-state index contributed by atoms with van der Waals surface area (Å²) in [7, 11) is 1.41. The van der Waals surface area contributed by atoms with Crippen molar-refractivity contribution in [3.05, 3.63) is 57.8 Å². The molecule has 24 heavy (non-hydrogen) atoms. The minimum absolute atomic E-state index is 0.268. The number of methoxy groups -OCH3 is 1. The Morgan fingerprint density at radius 3 is 2.62 bits per heavy atom. The summed E-state index contributed by atoms with van der Waals surface area (Å²) >= 11 is 1.50. The maximum Gasteiger partial charge on any atom is 0.348 e. The number of rotatable bonds is 5. The molecule has 0 aliphatic carbocycles. The van der Waals surface area contributed by atoms with E-state index in [-0.39, 0.29) is 12.1 Å². The van der Waals surface area contributed by atoms with E-state index in [4.69, 9.17) is 4.74 Å². The van der Waals surface area contributed by atoms with Gasteiger partial charge in [-0.15, -0.1) is 11.3 Å². The molecule has 0 amide bonds. The number of hydrogen-bond acceptors (Lipinski definition) is 5. The molecule has 1 unspecified atom stereocenters. The molecule has 2 aromatic rings. The standard InChI is InChI=1S/C19H23NO3S/c1-23-19(22)17-8-7-16(24-17)13-20-11-9-15(10-12-20)18(21)14-5-3-2-4-6-14/h2-8,15,18,21H,9-13H2,1H3. The second-order valence-corrected chi connectivity index (χ2v) is 7.39. The van der Waals surface area contributed by atoms with Crippen molar-refractivity contribution in [2.45, 2.75) is 25.5 Å². The average Bonchev–Trinajstić information content (AvgIpc) is 3.10. The van der Waals surface area contributed by atoms with Gasteiger partial charge in [0.2, 0.25) is 0 Å². The molecule has 1 aliphatic rings. The average molecular weight is 345 g/mol. The molecule has 1 aromatic carbocycles. The fraction of sp³-hybridized carbons (Fsp3) is 0.421. The van der Waals surface area contributed by atoms with E-state index in [1.54, 1.807) is 0 Å². The minimum Gasteiger partial charge on any atom is -0.465 e. The van der Waals surface area contributed by atoms with Crippen LogP contribution in [-0.4, -0.2) is 36.2 Å². The smallest absolute Gasteiger partial charge is 0.348 e. The zero-order valence-electron chi connectivity index (χ0n) is 13.9. The monoisotopic (exact) mass is 345 g/mol. The minimum atomic E-state index is -0.374. The zero-order chi connectivity index (χ0) is 16.9. The third-order valence-corrected chi connectivity index (χ3v) is 5.70. The number of aliphatic hydroxyl groups is 1. The maximum atomic E-state index is 11.5. The molecule has 3 rings (SSSR count). The number of hydrogen-bond donors (Lipinski definition) is 1. The Morgan fingerprint density at radius 2 is 1.96 bits per heavy atom. The molecular formula is C19H23NO3S. The highest BCUT2D eigenvalue weighted by Crippen LogP contribution is 2.31. The van der Waals surface area contributed by atoms with Gasteiger partial charge in [0.15, 0.2) is 0 Å². The number of thiophene rings is 1. The van der Waals surface area contributed by atoms with Crippen LogP contribution in [0.3, 0.4) is 0 Å². The quantitative estimate of drug-likeness (QED) is 0.843. The van der Waals surface area contributed by atoms with Gasteiger partial charge in [-0.2, -0.15) is 0 Å². The van der Waals surface area contributed by atoms with Crippen molar-refractivity contribution in [1.29, 1.82) is 0 Å². The Morgan fingerprint density at radius 1 is 1.25 bits per heavy atom. The van der Waals surface area contributed by atoms with Gasteiger partial charge in [-0.3, -0.25) is 4.90 Å². The van der Waals surface area contributed by atoms with Crippen LogP contribution in [0.25, 0.3) is 0 Å². The number of nitrogens with zero attached hydrogens (tertiary/aromatic N) is 1. The molecule has 1 atom stereocenters. The lowest BCUT2D eigenvalue weighted by atomic mass is 9.87. The summed E-state index contributed by atoms with van der Waals surface area (Å²) in [5, 5.41) is 10.5. The third-order valence-electron chi connectivity index (χ3n) is 4.65. The number of benzene rings is 1. The Hall–Kier alpha value is -1.69. The molecule has 5 heteroatoms. The highest BCUT2D eigenvalue weighted by Gasteiger charge is 2.26. The van der Waals surface area contributed by atoms with Gasteiger partial charge in [-0.1, -0.05) is 30.3 Å². The lowest BCUT2D eigenvalue weighted by Gasteiger charge is -2.34. The molecule has 1 N–H and O–H groups in total. The molecule has 1 saturated heterocycles. The van der Waals surface area contributed by atoms with Crippen LogP contribution in [0.15, 0.2) is 42.5 Å². The zero-order valence-corrected chi connectivity index (χ0v) is 14.7. The maximum absolute atomic E-state index is 11.5. The Kier molecular flexibility index (Phi) is 5.66. The highest BCUT2D eigenvalue weighted by atomic mass is 32.1. The fourth-order valence-corrected chi connectivity index (χ4v) is 4.21. The van der Waals surface area contributed by atoms with E-state index in [0.29, 0.717) is 10.8 Å². The Balaban J connectivity index is 1.52. The van der Waals surface area contributed by atoms with Crippen molar-refractivity contribution in [2.75, 3.05) is 20.2 Å². The molecule has 2 heterocycles. The van der Waals surface area contributed by atoms with Crippen LogP contribution in [0.5, 0.6) is 0 Å². The van der Waals surface area contributed by atoms with Crippen LogP contribution < -0.4 is 0 Å². The van der Waals surface area contributed by atoms with Crippen molar-refractivity contribution in [1.82, 2.24) is 4.90 Å². The summed E-state index contributed by atoms with van der Waals surface area (Å²) in [5.41, 5.74) is 1.01. The van der Waals surface area contributed by atoms with E-state index < -0.39 is 0 Å². The van der Waals surface area contributed by atoms with Gasteiger partial charge >= 0.3 is 5.97 Å². The molecule has 4 nitrogen and oxygen atoms in total. The topological polar surface area (TPSA) is 49.8 Å². The number of esters is 1. The van der Waals surface area contributed by atoms with Gasteiger partial charge < -0.3 is 9.84 Å². The SMILES string of the molecule is COC(=O)c1ccc(CN2CCC(C(O)c3ccccc3)CC2)s1. The van der Waals surface area contributed by atoms with Gasteiger partial charge in [-0.25, -0.2) is 4.79 Å². The summed E-state index contributed by atoms with van der Waals surface area (Å²) in [5.74, 6) is 0.0496. The van der Waals surface area contributed by atoms with Crippen molar-refractivity contribution in [2.24, 2.45) is 5.92 Å². The predicted octanol–water partition coefficient (Wildman–Crippen LogP) is 3.48. The number of likely N-dealkylation sites (tertiary alicyclic amines) is 1. The molecule has 0 spiro atoms. The first kappa shape index (κ1) is 17.1. The Bertz CT molecular complexity index is 662. The predicted molar refractivity (Wildman–Crippen MR) is 95.1 cm³/mol. The molecule has 0 bridgehead atoms. The van der Waals surface area contributed by atoms with Crippen LogP contribution in [0.1, 0.15) is 39.1 Å². The number of piperidine rings is 1. The Labute approximate surface area is 146 Å². The summed E-state index contributed by atoms with van der Waals surface area (Å²) < 4.78 is 4.75. The summed E-state index contributed by atoms with van der Waals surface area (Å²) in [6.45, 7) is 2.80. The van der Waals surface area contributed by atoms with Gasteiger partial charge in [0.05, 0.1) is 13.2 Å². The second kappa shape index (κ2) is 7.92. The largest absolute Gasteiger partial charge is 0.465 e. The van der Waals surface area contributed by atoms with E-state index in [1.807, 2.05) is 42.5 Å². The molecule has 0 saturated carbocycles. The van der Waals surface area contributed by atoms with E-state index in [0.717, 1.165) is 38.0 Å². The van der Waals surface area contributed by atoms with Crippen LogP contribution in [0.4, 0.5) is 0 Å². The van der Waals surface area contributed by atoms with Crippen LogP contribution in [0.2, 0.25) is 0 Å². The van der Waals surface area contributed by atoms with Crippen molar-refractivity contribution in [3.8, 4) is 0 Å². The summed E-state index contributed by atoms with van der Waals surface area (Å²) in [6.07, 6.45) is 1.61. The molecule has 0 radical (unpaired) electrons. The molecule has 1 fully saturated rings. The van der Waals surface area contributed by atoms with Gasteiger partial charge in [0, 0.05) is 11.4 Å². The summed E-state index contributed by atoms with van der Waals surface area (Å²) in [6, 6.07) is 13.8. The number of carbonyl (C=O) groups excluding carboxylic acids is 1. The first-order valence-electron chi connectivity index (χ1n) is 8.30. The van der Waals surface area contributed by atoms with E-state index in [9.17, 15) is 9.90 Å². The van der Waals surface area contributed by atoms with E-state index in [1.165, 1.54) is 23.3 Å². The summed E-state index contributed by atoms with van der Waals surface area (Å²) in [4.78, 5) is 15.7. The van der Waals surface area contributed by atoms with Gasteiger partial charge in [-0.05, 0) is 49.5 Å².